The van der Waals surface area contributed by atoms with Gasteiger partial charge in [0.2, 0.25) is 11.8 Å². The fraction of sp³-hybridized carbons (Fsp3) is 0.235. The Kier molecular flexibility index (Phi) is 10.7. The number of phenols is 2. The second-order valence-corrected chi connectivity index (χ2v) is 10.3. The van der Waals surface area contributed by atoms with Crippen LogP contribution in [0.25, 0.3) is 0 Å². The summed E-state index contributed by atoms with van der Waals surface area (Å²) in [6, 6.07) is 29.7. The van der Waals surface area contributed by atoms with Crippen molar-refractivity contribution in [3.63, 3.8) is 0 Å². The number of aliphatic hydroxyl groups excluding tert-OH is 2. The van der Waals surface area contributed by atoms with Crippen LogP contribution in [0.5, 0.6) is 11.5 Å². The summed E-state index contributed by atoms with van der Waals surface area (Å²) in [5, 5.41) is 48.9. The van der Waals surface area contributed by atoms with E-state index < -0.39 is 36.1 Å². The van der Waals surface area contributed by atoms with Gasteiger partial charge in [-0.15, -0.1) is 0 Å². The van der Waals surface area contributed by atoms with Gasteiger partial charge in [0.15, 0.2) is 0 Å². The van der Waals surface area contributed by atoms with Gasteiger partial charge in [-0.1, -0.05) is 97.1 Å². The van der Waals surface area contributed by atoms with Crippen molar-refractivity contribution in [1.29, 1.82) is 0 Å². The molecule has 4 aromatic rings. The highest BCUT2D eigenvalue weighted by molar-refractivity contribution is 5.80. The van der Waals surface area contributed by atoms with Crippen LogP contribution in [0, 0.1) is 0 Å². The van der Waals surface area contributed by atoms with E-state index in [1.54, 1.807) is 36.4 Å². The van der Waals surface area contributed by atoms with Crippen LogP contribution in [0.4, 0.5) is 0 Å². The molecule has 4 atom stereocenters. The van der Waals surface area contributed by atoms with Gasteiger partial charge >= 0.3 is 0 Å². The highest BCUT2D eigenvalue weighted by Crippen LogP contribution is 2.19. The molecule has 0 spiro atoms. The topological polar surface area (TPSA) is 139 Å². The van der Waals surface area contributed by atoms with Gasteiger partial charge in [-0.2, -0.15) is 0 Å². The van der Waals surface area contributed by atoms with E-state index in [4.69, 9.17) is 0 Å². The van der Waals surface area contributed by atoms with Crippen LogP contribution in [0.3, 0.4) is 0 Å². The van der Waals surface area contributed by atoms with E-state index in [0.29, 0.717) is 11.1 Å². The predicted molar refractivity (Wildman–Crippen MR) is 160 cm³/mol. The molecule has 0 unspecified atom stereocenters. The first-order valence-electron chi connectivity index (χ1n) is 13.9. The quantitative estimate of drug-likeness (QED) is 0.147. The summed E-state index contributed by atoms with van der Waals surface area (Å²) < 4.78 is 0. The molecule has 8 nitrogen and oxygen atoms in total. The maximum absolute atomic E-state index is 13.1. The van der Waals surface area contributed by atoms with Gasteiger partial charge in [-0.3, -0.25) is 9.59 Å². The zero-order chi connectivity index (χ0) is 29.9. The summed E-state index contributed by atoms with van der Waals surface area (Å²) in [5.74, 6) is -0.898. The van der Waals surface area contributed by atoms with Crippen molar-refractivity contribution < 1.29 is 30.0 Å². The van der Waals surface area contributed by atoms with Gasteiger partial charge in [0.05, 0.1) is 24.9 Å². The Labute approximate surface area is 245 Å². The van der Waals surface area contributed by atoms with Crippen molar-refractivity contribution in [2.75, 3.05) is 0 Å². The zero-order valence-corrected chi connectivity index (χ0v) is 23.1. The highest BCUT2D eigenvalue weighted by Gasteiger charge is 2.34. The van der Waals surface area contributed by atoms with E-state index >= 15 is 0 Å². The maximum Gasteiger partial charge on any atom is 0.224 e. The Morgan fingerprint density at radius 1 is 0.524 bits per heavy atom. The van der Waals surface area contributed by atoms with E-state index in [1.165, 1.54) is 12.1 Å². The monoisotopic (exact) mass is 568 g/mol. The van der Waals surface area contributed by atoms with Gasteiger partial charge in [-0.05, 0) is 36.1 Å². The van der Waals surface area contributed by atoms with Gasteiger partial charge in [-0.25, -0.2) is 0 Å². The first-order chi connectivity index (χ1) is 20.3. The molecule has 0 radical (unpaired) electrons. The third-order valence-corrected chi connectivity index (χ3v) is 7.15. The number of aliphatic hydroxyl groups is 2. The molecule has 42 heavy (non-hydrogen) atoms. The lowest BCUT2D eigenvalue weighted by atomic mass is 9.90. The number of nitrogens with one attached hydrogen (secondary N) is 2. The fourth-order valence-corrected chi connectivity index (χ4v) is 4.91. The summed E-state index contributed by atoms with van der Waals surface area (Å²) in [4.78, 5) is 26.1. The van der Waals surface area contributed by atoms with Gasteiger partial charge in [0.25, 0.3) is 0 Å². The number of rotatable bonds is 13. The third kappa shape index (κ3) is 8.67. The number of phenolic OH excluding ortho intramolecular Hbond substituents is 2. The molecular formula is C34H36N2O6. The molecule has 218 valence electrons. The van der Waals surface area contributed by atoms with E-state index in [1.807, 2.05) is 60.7 Å². The van der Waals surface area contributed by atoms with Crippen LogP contribution >= 0.6 is 0 Å². The number of carbonyl (C=O) groups is 2. The number of amides is 2. The third-order valence-electron chi connectivity index (χ3n) is 7.15. The largest absolute Gasteiger partial charge is 0.508 e. The lowest BCUT2D eigenvalue weighted by molar-refractivity contribution is -0.125. The number of carbonyl (C=O) groups excluding carboxylic acids is 2. The number of hydrogen-bond donors (Lipinski definition) is 6. The predicted octanol–water partition coefficient (Wildman–Crippen LogP) is 3.06. The zero-order valence-electron chi connectivity index (χ0n) is 23.1. The molecule has 0 aliphatic carbocycles. The van der Waals surface area contributed by atoms with E-state index in [0.717, 1.165) is 11.1 Å². The van der Waals surface area contributed by atoms with Crippen LogP contribution < -0.4 is 10.6 Å². The summed E-state index contributed by atoms with van der Waals surface area (Å²) >= 11 is 0. The van der Waals surface area contributed by atoms with E-state index in [9.17, 15) is 30.0 Å². The molecule has 4 aromatic carbocycles. The van der Waals surface area contributed by atoms with Crippen molar-refractivity contribution in [3.8, 4) is 11.5 Å². The Morgan fingerprint density at radius 2 is 0.857 bits per heavy atom. The molecule has 0 saturated heterocycles. The SMILES string of the molecule is O=C(Cc1ccccc1O)N[C@@H](Cc1ccccc1)[C@H](O)[C@H](O)[C@@H](Cc1ccccc1)NC(=O)Cc1ccccc1O. The highest BCUT2D eigenvalue weighted by atomic mass is 16.3. The smallest absolute Gasteiger partial charge is 0.224 e. The molecule has 0 aliphatic rings. The second-order valence-electron chi connectivity index (χ2n) is 10.3. The molecule has 8 heteroatoms. The van der Waals surface area contributed by atoms with Crippen LogP contribution in [-0.2, 0) is 35.3 Å². The minimum absolute atomic E-state index is 0.0112. The van der Waals surface area contributed by atoms with Crippen molar-refractivity contribution in [1.82, 2.24) is 10.6 Å². The Morgan fingerprint density at radius 3 is 1.21 bits per heavy atom. The van der Waals surface area contributed by atoms with Gasteiger partial charge in [0.1, 0.15) is 23.7 Å². The lowest BCUT2D eigenvalue weighted by Crippen LogP contribution is -2.57. The number of para-hydroxylation sites is 2. The molecule has 2 amide bonds. The van der Waals surface area contributed by atoms with E-state index in [2.05, 4.69) is 10.6 Å². The lowest BCUT2D eigenvalue weighted by Gasteiger charge is -2.33. The normalized spacial score (nSPS) is 13.9. The molecule has 4 rings (SSSR count). The number of hydrogen-bond acceptors (Lipinski definition) is 6. The minimum atomic E-state index is -1.46. The molecule has 0 saturated carbocycles. The number of benzene rings is 4. The molecule has 0 heterocycles. The van der Waals surface area contributed by atoms with Gasteiger partial charge < -0.3 is 31.1 Å². The number of aromatic hydroxyl groups is 2. The standard InChI is InChI=1S/C34H36N2O6/c37-29-17-9-7-15-25(29)21-31(39)35-27(19-23-11-3-1-4-12-23)33(41)34(42)28(20-24-13-5-2-6-14-24)36-32(40)22-26-16-8-10-18-30(26)38/h1-18,27-28,33-34,37-38,41-42H,19-22H2,(H,35,39)(H,36,40)/t27-,28+,33-,34+. The molecule has 0 fully saturated rings. The molecule has 0 aromatic heterocycles. The summed E-state index contributed by atoms with van der Waals surface area (Å²) in [6.45, 7) is 0. The minimum Gasteiger partial charge on any atom is -0.508 e. The van der Waals surface area contributed by atoms with Crippen molar-refractivity contribution in [2.45, 2.75) is 50.0 Å². The van der Waals surface area contributed by atoms with Gasteiger partial charge in [0, 0.05) is 11.1 Å². The van der Waals surface area contributed by atoms with E-state index in [-0.39, 0.29) is 37.2 Å². The molecule has 6 N–H and O–H groups in total. The van der Waals surface area contributed by atoms with Crippen molar-refractivity contribution in [3.05, 3.63) is 131 Å². The Balaban J connectivity index is 1.55. The fourth-order valence-electron chi connectivity index (χ4n) is 4.91. The summed E-state index contributed by atoms with van der Waals surface area (Å²) in [6.07, 6.45) is -2.72. The van der Waals surface area contributed by atoms with Crippen LogP contribution in [-0.4, -0.2) is 56.5 Å². The van der Waals surface area contributed by atoms with Crippen LogP contribution in [0.1, 0.15) is 22.3 Å². The Hall–Kier alpha value is -4.66. The summed E-state index contributed by atoms with van der Waals surface area (Å²) in [5.41, 5.74) is 2.53. The average molecular weight is 569 g/mol. The first-order valence-corrected chi connectivity index (χ1v) is 13.9. The Bertz CT molecular complexity index is 1340. The van der Waals surface area contributed by atoms with Crippen LogP contribution in [0.2, 0.25) is 0 Å². The second kappa shape index (κ2) is 14.8. The van der Waals surface area contributed by atoms with Crippen molar-refractivity contribution in [2.24, 2.45) is 0 Å². The average Bonchev–Trinajstić information content (AvgIpc) is 2.99. The van der Waals surface area contributed by atoms with Crippen LogP contribution in [0.15, 0.2) is 109 Å². The maximum atomic E-state index is 13.1. The van der Waals surface area contributed by atoms with Crippen molar-refractivity contribution >= 4 is 11.8 Å². The summed E-state index contributed by atoms with van der Waals surface area (Å²) in [7, 11) is 0. The first kappa shape index (κ1) is 30.3. The molecule has 0 aliphatic heterocycles. The molecule has 0 bridgehead atoms. The molecular weight excluding hydrogens is 532 g/mol.